The maximum Gasteiger partial charge on any atom is 0.326 e. The Bertz CT molecular complexity index is 1170. The second-order valence-corrected chi connectivity index (χ2v) is 7.23. The van der Waals surface area contributed by atoms with Crippen molar-refractivity contribution in [3.05, 3.63) is 63.5 Å². The second-order valence-electron chi connectivity index (χ2n) is 6.41. The molecule has 0 saturated heterocycles. The largest absolute Gasteiger partial charge is 0.497 e. The molecular formula is C20H13Cl2N3O6. The average Bonchev–Trinajstić information content (AvgIpc) is 3.33. The van der Waals surface area contributed by atoms with Crippen LogP contribution in [0, 0.1) is 0 Å². The number of hydrogen-bond donors (Lipinski definition) is 0. The van der Waals surface area contributed by atoms with Gasteiger partial charge in [0.25, 0.3) is 17.7 Å². The zero-order valence-corrected chi connectivity index (χ0v) is 17.4. The fraction of sp³-hybridized carbons (Fsp3) is 0.150. The third-order valence-corrected chi connectivity index (χ3v) is 5.17. The number of ether oxygens (including phenoxy) is 2. The molecule has 11 heteroatoms. The minimum atomic E-state index is -0.826. The molecule has 0 radical (unpaired) electrons. The Morgan fingerprint density at radius 3 is 2.42 bits per heavy atom. The number of esters is 1. The van der Waals surface area contributed by atoms with Crippen molar-refractivity contribution < 1.29 is 28.4 Å². The molecule has 0 spiro atoms. The van der Waals surface area contributed by atoms with Gasteiger partial charge in [0.15, 0.2) is 6.61 Å². The lowest BCUT2D eigenvalue weighted by molar-refractivity contribution is -0.146. The van der Waals surface area contributed by atoms with E-state index in [2.05, 4.69) is 10.1 Å². The van der Waals surface area contributed by atoms with Crippen LogP contribution < -0.4 is 4.74 Å². The molecule has 158 valence electrons. The highest BCUT2D eigenvalue weighted by atomic mass is 35.5. The van der Waals surface area contributed by atoms with Gasteiger partial charge in [-0.2, -0.15) is 4.98 Å². The van der Waals surface area contributed by atoms with Crippen molar-refractivity contribution >= 4 is 41.0 Å². The molecule has 0 saturated carbocycles. The molecule has 2 heterocycles. The predicted octanol–water partition coefficient (Wildman–Crippen LogP) is 3.39. The van der Waals surface area contributed by atoms with E-state index in [4.69, 9.17) is 37.2 Å². The maximum absolute atomic E-state index is 12.4. The molecule has 2 aromatic carbocycles. The van der Waals surface area contributed by atoms with Crippen LogP contribution in [-0.4, -0.2) is 46.5 Å². The Morgan fingerprint density at radius 1 is 1.10 bits per heavy atom. The molecular weight excluding hydrogens is 449 g/mol. The van der Waals surface area contributed by atoms with Gasteiger partial charge < -0.3 is 14.0 Å². The molecule has 0 aliphatic carbocycles. The van der Waals surface area contributed by atoms with E-state index in [1.54, 1.807) is 24.3 Å². The monoisotopic (exact) mass is 461 g/mol. The molecule has 0 N–H and O–H groups in total. The van der Waals surface area contributed by atoms with Crippen molar-refractivity contribution in [3.63, 3.8) is 0 Å². The van der Waals surface area contributed by atoms with Gasteiger partial charge >= 0.3 is 5.97 Å². The molecule has 0 bridgehead atoms. The van der Waals surface area contributed by atoms with Crippen LogP contribution in [0.1, 0.15) is 26.6 Å². The number of nitrogens with zero attached hydrogens (tertiary/aromatic N) is 3. The molecule has 0 unspecified atom stereocenters. The molecule has 9 nitrogen and oxygen atoms in total. The quantitative estimate of drug-likeness (QED) is 0.405. The molecule has 0 atom stereocenters. The third kappa shape index (κ3) is 4.10. The van der Waals surface area contributed by atoms with Gasteiger partial charge in [-0.05, 0) is 24.3 Å². The van der Waals surface area contributed by atoms with E-state index in [1.165, 1.54) is 19.2 Å². The van der Waals surface area contributed by atoms with Gasteiger partial charge in [0.1, 0.15) is 12.3 Å². The van der Waals surface area contributed by atoms with E-state index >= 15 is 0 Å². The Hall–Kier alpha value is -3.43. The third-order valence-electron chi connectivity index (χ3n) is 4.45. The number of rotatable bonds is 6. The van der Waals surface area contributed by atoms with Crippen LogP contribution in [0.5, 0.6) is 5.75 Å². The van der Waals surface area contributed by atoms with Crippen LogP contribution in [0.2, 0.25) is 10.0 Å². The average molecular weight is 462 g/mol. The summed E-state index contributed by atoms with van der Waals surface area (Å²) in [7, 11) is 1.54. The smallest absolute Gasteiger partial charge is 0.326 e. The van der Waals surface area contributed by atoms with Gasteiger partial charge in [-0.15, -0.1) is 0 Å². The number of carbonyl (C=O) groups excluding carboxylic acids is 3. The molecule has 31 heavy (non-hydrogen) atoms. The zero-order chi connectivity index (χ0) is 22.1. The summed E-state index contributed by atoms with van der Waals surface area (Å²) in [5.41, 5.74) is 0.808. The zero-order valence-electron chi connectivity index (χ0n) is 15.9. The summed E-state index contributed by atoms with van der Waals surface area (Å²) >= 11 is 11.8. The minimum Gasteiger partial charge on any atom is -0.497 e. The predicted molar refractivity (Wildman–Crippen MR) is 108 cm³/mol. The highest BCUT2D eigenvalue weighted by Crippen LogP contribution is 2.31. The summed E-state index contributed by atoms with van der Waals surface area (Å²) in [6, 6.07) is 9.62. The van der Waals surface area contributed by atoms with E-state index in [-0.39, 0.29) is 33.7 Å². The van der Waals surface area contributed by atoms with E-state index in [0.29, 0.717) is 17.1 Å². The summed E-state index contributed by atoms with van der Waals surface area (Å²) in [5.74, 6) is -1.18. The van der Waals surface area contributed by atoms with Gasteiger partial charge in [0.2, 0.25) is 5.82 Å². The Balaban J connectivity index is 1.38. The summed E-state index contributed by atoms with van der Waals surface area (Å²) in [6.45, 7) is -0.908. The Morgan fingerprint density at radius 2 is 1.77 bits per heavy atom. The summed E-state index contributed by atoms with van der Waals surface area (Å²) < 4.78 is 15.3. The lowest BCUT2D eigenvalue weighted by atomic mass is 10.1. The van der Waals surface area contributed by atoms with Gasteiger partial charge in [0.05, 0.1) is 28.3 Å². The fourth-order valence-electron chi connectivity index (χ4n) is 2.94. The number of methoxy groups -OCH3 is 1. The number of hydrogen-bond acceptors (Lipinski definition) is 8. The minimum absolute atomic E-state index is 0.0482. The molecule has 1 aromatic heterocycles. The van der Waals surface area contributed by atoms with E-state index in [0.717, 1.165) is 4.90 Å². The van der Waals surface area contributed by atoms with Gasteiger partial charge in [-0.3, -0.25) is 19.3 Å². The molecule has 1 aliphatic heterocycles. The number of benzene rings is 2. The summed E-state index contributed by atoms with van der Waals surface area (Å²) in [5, 5.41) is 4.10. The van der Waals surface area contributed by atoms with Gasteiger partial charge in [-0.1, -0.05) is 40.5 Å². The van der Waals surface area contributed by atoms with Crippen LogP contribution in [-0.2, 0) is 16.1 Å². The van der Waals surface area contributed by atoms with Crippen molar-refractivity contribution in [2.45, 2.75) is 6.61 Å². The number of halogens is 2. The summed E-state index contributed by atoms with van der Waals surface area (Å²) in [6.07, 6.45) is 0. The van der Waals surface area contributed by atoms with Crippen molar-refractivity contribution in [1.82, 2.24) is 15.0 Å². The van der Waals surface area contributed by atoms with Crippen molar-refractivity contribution in [2.75, 3.05) is 13.7 Å². The van der Waals surface area contributed by atoms with Gasteiger partial charge in [0, 0.05) is 5.56 Å². The number of aromatic nitrogens is 2. The normalized spacial score (nSPS) is 12.8. The number of carbonyl (C=O) groups is 3. The Labute approximate surface area is 185 Å². The van der Waals surface area contributed by atoms with E-state index < -0.39 is 24.3 Å². The van der Waals surface area contributed by atoms with E-state index in [9.17, 15) is 14.4 Å². The summed E-state index contributed by atoms with van der Waals surface area (Å²) in [4.78, 5) is 42.0. The molecule has 1 aliphatic rings. The first-order chi connectivity index (χ1) is 14.9. The second kappa shape index (κ2) is 8.37. The molecule has 0 fully saturated rings. The fourth-order valence-corrected chi connectivity index (χ4v) is 3.26. The highest BCUT2D eigenvalue weighted by Gasteiger charge is 2.37. The standard InChI is InChI=1S/C20H13Cl2N3O6/c1-29-11-4-2-3-10(5-11)18-23-16(31-24-18)9-30-17(26)8-25-19(27)12-6-14(21)15(22)7-13(12)20(25)28/h2-7H,8-9H2,1H3. The first-order valence-corrected chi connectivity index (χ1v) is 9.61. The Kier molecular flexibility index (Phi) is 5.62. The van der Waals surface area contributed by atoms with Crippen LogP contribution >= 0.6 is 23.2 Å². The topological polar surface area (TPSA) is 112 Å². The number of imide groups is 1. The molecule has 3 aromatic rings. The van der Waals surface area contributed by atoms with Crippen LogP contribution in [0.15, 0.2) is 40.9 Å². The van der Waals surface area contributed by atoms with Crippen LogP contribution in [0.3, 0.4) is 0 Å². The van der Waals surface area contributed by atoms with Crippen molar-refractivity contribution in [1.29, 1.82) is 0 Å². The lowest BCUT2D eigenvalue weighted by Gasteiger charge is -2.12. The SMILES string of the molecule is COc1cccc(-c2noc(COC(=O)CN3C(=O)c4cc(Cl)c(Cl)cc4C3=O)n2)c1. The first-order valence-electron chi connectivity index (χ1n) is 8.85. The highest BCUT2D eigenvalue weighted by molar-refractivity contribution is 6.43. The maximum atomic E-state index is 12.4. The number of fused-ring (bicyclic) bond motifs is 1. The lowest BCUT2D eigenvalue weighted by Crippen LogP contribution is -2.35. The van der Waals surface area contributed by atoms with Crippen LogP contribution in [0.4, 0.5) is 0 Å². The van der Waals surface area contributed by atoms with Gasteiger partial charge in [-0.25, -0.2) is 0 Å². The first kappa shape index (κ1) is 20.8. The molecule has 4 rings (SSSR count). The van der Waals surface area contributed by atoms with Crippen LogP contribution in [0.25, 0.3) is 11.4 Å². The van der Waals surface area contributed by atoms with Crippen molar-refractivity contribution in [2.24, 2.45) is 0 Å². The molecule has 2 amide bonds. The number of amides is 2. The van der Waals surface area contributed by atoms with E-state index in [1.807, 2.05) is 0 Å². The van der Waals surface area contributed by atoms with Crippen molar-refractivity contribution in [3.8, 4) is 17.1 Å².